The summed E-state index contributed by atoms with van der Waals surface area (Å²) < 4.78 is 12.6. The molecule has 0 fully saturated rings. The van der Waals surface area contributed by atoms with Crippen LogP contribution in [0.15, 0.2) is 55.0 Å². The van der Waals surface area contributed by atoms with Crippen LogP contribution in [-0.2, 0) is 13.2 Å². The molecule has 8 nitrogen and oxygen atoms in total. The van der Waals surface area contributed by atoms with E-state index in [4.69, 9.17) is 9.47 Å². The van der Waals surface area contributed by atoms with E-state index in [0.29, 0.717) is 23.7 Å². The van der Waals surface area contributed by atoms with Gasteiger partial charge in [-0.1, -0.05) is 24.3 Å². The molecule has 1 aromatic carbocycles. The number of aliphatic hydroxyl groups is 1. The Labute approximate surface area is 180 Å². The third-order valence-electron chi connectivity index (χ3n) is 4.96. The van der Waals surface area contributed by atoms with E-state index in [1.807, 2.05) is 49.5 Å². The van der Waals surface area contributed by atoms with Crippen molar-refractivity contribution in [2.24, 2.45) is 0 Å². The zero-order valence-electron chi connectivity index (χ0n) is 17.6. The standard InChI is InChI=1S/C23H23N5O3/c1-15-19(10-21(27-26-15)20-11-24-23(31-3)25-22(20)30-2)18-7-8-28(13-18)12-16-5-4-6-17(9-16)14-29/h4-11,13,29H,12,14H2,1-3H3. The molecule has 0 atom stereocenters. The Morgan fingerprint density at radius 1 is 1.00 bits per heavy atom. The summed E-state index contributed by atoms with van der Waals surface area (Å²) in [6.07, 6.45) is 5.71. The van der Waals surface area contributed by atoms with Gasteiger partial charge in [0.1, 0.15) is 5.69 Å². The van der Waals surface area contributed by atoms with Gasteiger partial charge >= 0.3 is 6.01 Å². The number of methoxy groups -OCH3 is 2. The first-order chi connectivity index (χ1) is 15.1. The van der Waals surface area contributed by atoms with Crippen molar-refractivity contribution in [3.63, 3.8) is 0 Å². The molecule has 0 aliphatic heterocycles. The van der Waals surface area contributed by atoms with Crippen molar-refractivity contribution >= 4 is 0 Å². The van der Waals surface area contributed by atoms with Crippen LogP contribution in [0.1, 0.15) is 16.8 Å². The molecule has 0 unspecified atom stereocenters. The van der Waals surface area contributed by atoms with E-state index < -0.39 is 0 Å². The molecular weight excluding hydrogens is 394 g/mol. The van der Waals surface area contributed by atoms with Crippen LogP contribution in [0.25, 0.3) is 22.4 Å². The molecule has 1 N–H and O–H groups in total. The maximum atomic E-state index is 9.35. The number of aliphatic hydroxyl groups excluding tert-OH is 1. The van der Waals surface area contributed by atoms with Gasteiger partial charge in [0, 0.05) is 36.3 Å². The van der Waals surface area contributed by atoms with Crippen molar-refractivity contribution < 1.29 is 14.6 Å². The van der Waals surface area contributed by atoms with Gasteiger partial charge in [0.25, 0.3) is 0 Å². The molecule has 3 aromatic heterocycles. The number of rotatable bonds is 7. The van der Waals surface area contributed by atoms with Gasteiger partial charge < -0.3 is 19.1 Å². The van der Waals surface area contributed by atoms with Crippen molar-refractivity contribution in [1.82, 2.24) is 24.7 Å². The van der Waals surface area contributed by atoms with Gasteiger partial charge in [0.05, 0.1) is 32.1 Å². The third-order valence-corrected chi connectivity index (χ3v) is 4.96. The van der Waals surface area contributed by atoms with Gasteiger partial charge in [0.15, 0.2) is 0 Å². The highest BCUT2D eigenvalue weighted by molar-refractivity contribution is 5.73. The Morgan fingerprint density at radius 3 is 2.61 bits per heavy atom. The van der Waals surface area contributed by atoms with Crippen LogP contribution in [0, 0.1) is 6.92 Å². The molecule has 0 aliphatic carbocycles. The fourth-order valence-corrected chi connectivity index (χ4v) is 3.39. The lowest BCUT2D eigenvalue weighted by Crippen LogP contribution is -2.00. The fraction of sp³-hybridized carbons (Fsp3) is 0.217. The van der Waals surface area contributed by atoms with Crippen molar-refractivity contribution in [3.8, 4) is 34.3 Å². The highest BCUT2D eigenvalue weighted by atomic mass is 16.5. The molecule has 0 radical (unpaired) electrons. The molecule has 158 valence electrons. The Morgan fingerprint density at radius 2 is 1.84 bits per heavy atom. The van der Waals surface area contributed by atoms with Crippen molar-refractivity contribution in [2.75, 3.05) is 14.2 Å². The Hall–Kier alpha value is -3.78. The number of ether oxygens (including phenoxy) is 2. The van der Waals surface area contributed by atoms with Gasteiger partial charge in [0.2, 0.25) is 5.88 Å². The molecule has 3 heterocycles. The van der Waals surface area contributed by atoms with E-state index in [9.17, 15) is 5.11 Å². The van der Waals surface area contributed by atoms with Gasteiger partial charge in [-0.2, -0.15) is 10.1 Å². The molecule has 4 rings (SSSR count). The van der Waals surface area contributed by atoms with Crippen molar-refractivity contribution in [2.45, 2.75) is 20.1 Å². The van der Waals surface area contributed by atoms with Crippen LogP contribution in [0.3, 0.4) is 0 Å². The van der Waals surface area contributed by atoms with Crippen LogP contribution in [0.5, 0.6) is 11.9 Å². The van der Waals surface area contributed by atoms with E-state index in [1.54, 1.807) is 13.3 Å². The molecule has 0 saturated carbocycles. The van der Waals surface area contributed by atoms with Crippen LogP contribution in [0.2, 0.25) is 0 Å². The number of hydrogen-bond acceptors (Lipinski definition) is 7. The molecule has 0 saturated heterocycles. The van der Waals surface area contributed by atoms with Gasteiger partial charge in [-0.3, -0.25) is 0 Å². The maximum absolute atomic E-state index is 9.35. The number of nitrogens with zero attached hydrogens (tertiary/aromatic N) is 5. The summed E-state index contributed by atoms with van der Waals surface area (Å²) in [6, 6.07) is 12.2. The highest BCUT2D eigenvalue weighted by Gasteiger charge is 2.15. The first-order valence-electron chi connectivity index (χ1n) is 9.76. The molecule has 0 aliphatic rings. The van der Waals surface area contributed by atoms with Crippen LogP contribution < -0.4 is 9.47 Å². The lowest BCUT2D eigenvalue weighted by Gasteiger charge is -2.09. The molecule has 0 bridgehead atoms. The fourth-order valence-electron chi connectivity index (χ4n) is 3.39. The van der Waals surface area contributed by atoms with E-state index in [1.165, 1.54) is 7.11 Å². The maximum Gasteiger partial charge on any atom is 0.319 e. The van der Waals surface area contributed by atoms with Gasteiger partial charge in [-0.05, 0) is 30.2 Å². The number of aryl methyl sites for hydroxylation is 1. The minimum Gasteiger partial charge on any atom is -0.480 e. The Balaban J connectivity index is 1.65. The predicted octanol–water partition coefficient (Wildman–Crippen LogP) is 3.27. The first-order valence-corrected chi connectivity index (χ1v) is 9.76. The van der Waals surface area contributed by atoms with Crippen molar-refractivity contribution in [1.29, 1.82) is 0 Å². The molecular formula is C23H23N5O3. The summed E-state index contributed by atoms with van der Waals surface area (Å²) in [4.78, 5) is 8.40. The second kappa shape index (κ2) is 8.93. The Kier molecular flexibility index (Phi) is 5.90. The van der Waals surface area contributed by atoms with Gasteiger partial charge in [-0.25, -0.2) is 4.98 Å². The van der Waals surface area contributed by atoms with Gasteiger partial charge in [-0.15, -0.1) is 5.10 Å². The average Bonchev–Trinajstić information content (AvgIpc) is 3.27. The lowest BCUT2D eigenvalue weighted by molar-refractivity contribution is 0.281. The van der Waals surface area contributed by atoms with E-state index >= 15 is 0 Å². The second-order valence-corrected chi connectivity index (χ2v) is 7.06. The monoisotopic (exact) mass is 417 g/mol. The molecule has 8 heteroatoms. The number of aromatic nitrogens is 5. The SMILES string of the molecule is COc1ncc(-c2cc(-c3ccn(Cc4cccc(CO)c4)c3)c(C)nn2)c(OC)n1. The average molecular weight is 417 g/mol. The summed E-state index contributed by atoms with van der Waals surface area (Å²) in [5.41, 5.74) is 6.09. The zero-order valence-corrected chi connectivity index (χ0v) is 17.6. The van der Waals surface area contributed by atoms with Crippen LogP contribution in [-0.4, -0.2) is 44.1 Å². The molecule has 0 amide bonds. The minimum atomic E-state index is 0.0357. The number of benzene rings is 1. The summed E-state index contributed by atoms with van der Waals surface area (Å²) in [5, 5.41) is 18.0. The largest absolute Gasteiger partial charge is 0.480 e. The normalized spacial score (nSPS) is 10.8. The summed E-state index contributed by atoms with van der Waals surface area (Å²) in [7, 11) is 3.04. The highest BCUT2D eigenvalue weighted by Crippen LogP contribution is 2.31. The second-order valence-electron chi connectivity index (χ2n) is 7.06. The summed E-state index contributed by atoms with van der Waals surface area (Å²) in [6.45, 7) is 2.67. The van der Waals surface area contributed by atoms with Crippen LogP contribution >= 0.6 is 0 Å². The quantitative estimate of drug-likeness (QED) is 0.493. The smallest absolute Gasteiger partial charge is 0.319 e. The van der Waals surface area contributed by atoms with E-state index in [2.05, 4.69) is 30.9 Å². The van der Waals surface area contributed by atoms with E-state index in [0.717, 1.165) is 27.9 Å². The van der Waals surface area contributed by atoms with Crippen molar-refractivity contribution in [3.05, 3.63) is 71.8 Å². The predicted molar refractivity (Wildman–Crippen MR) is 116 cm³/mol. The summed E-state index contributed by atoms with van der Waals surface area (Å²) >= 11 is 0. The topological polar surface area (TPSA) is 95.2 Å². The molecule has 4 aromatic rings. The number of hydrogen-bond donors (Lipinski definition) is 1. The van der Waals surface area contributed by atoms with Crippen LogP contribution in [0.4, 0.5) is 0 Å². The summed E-state index contributed by atoms with van der Waals surface area (Å²) in [5.74, 6) is 0.372. The molecule has 31 heavy (non-hydrogen) atoms. The van der Waals surface area contributed by atoms with E-state index in [-0.39, 0.29) is 12.6 Å². The lowest BCUT2D eigenvalue weighted by atomic mass is 10.1. The Bertz CT molecular complexity index is 1210. The first kappa shape index (κ1) is 20.5. The minimum absolute atomic E-state index is 0.0357. The molecule has 0 spiro atoms. The third kappa shape index (κ3) is 4.39. The zero-order chi connectivity index (χ0) is 21.8.